The summed E-state index contributed by atoms with van der Waals surface area (Å²) in [7, 11) is 3.31. The van der Waals surface area contributed by atoms with E-state index < -0.39 is 14.4 Å². The number of hydrogen-bond donors (Lipinski definition) is 0. The van der Waals surface area contributed by atoms with E-state index in [1.54, 1.807) is 6.07 Å². The average molecular weight is 363 g/mol. The van der Waals surface area contributed by atoms with E-state index in [0.29, 0.717) is 12.0 Å². The molecule has 1 aromatic rings. The van der Waals surface area contributed by atoms with Crippen molar-refractivity contribution in [2.45, 2.75) is 51.4 Å². The van der Waals surface area contributed by atoms with Crippen molar-refractivity contribution in [2.24, 2.45) is 0 Å². The second-order valence-corrected chi connectivity index (χ2v) is 11.1. The van der Waals surface area contributed by atoms with Gasteiger partial charge in [0.05, 0.1) is 18.7 Å². The fourth-order valence-corrected chi connectivity index (χ4v) is 5.73. The molecule has 0 radical (unpaired) electrons. The molecule has 0 bridgehead atoms. The van der Waals surface area contributed by atoms with Crippen LogP contribution in [0.4, 0.5) is 5.69 Å². The summed E-state index contributed by atoms with van der Waals surface area (Å²) >= 11 is 0. The number of carbonyl (C=O) groups excluding carboxylic acids is 1. The Balaban J connectivity index is 3.21. The normalized spacial score (nSPS) is 12.4. The van der Waals surface area contributed by atoms with Crippen molar-refractivity contribution in [1.29, 1.82) is 5.26 Å². The summed E-state index contributed by atoms with van der Waals surface area (Å²) in [6, 6.07) is 10.7. The second-order valence-electron chi connectivity index (χ2n) is 6.43. The van der Waals surface area contributed by atoms with Crippen molar-refractivity contribution in [3.05, 3.63) is 29.3 Å². The molecular weight excluding hydrogens is 332 g/mol. The van der Waals surface area contributed by atoms with E-state index in [4.69, 9.17) is 9.16 Å². The minimum Gasteiger partial charge on any atom is -0.467 e. The van der Waals surface area contributed by atoms with Crippen LogP contribution in [0, 0.1) is 11.3 Å². The molecule has 25 heavy (non-hydrogen) atoms. The molecule has 0 spiro atoms. The average Bonchev–Trinajstić information content (AvgIpc) is 2.64. The zero-order chi connectivity index (χ0) is 19.0. The summed E-state index contributed by atoms with van der Waals surface area (Å²) in [6.45, 7) is 6.38. The summed E-state index contributed by atoms with van der Waals surface area (Å²) in [6.07, 6.45) is -0.313. The maximum Gasteiger partial charge on any atom is 0.334 e. The Labute approximate surface area is 152 Å². The number of methoxy groups -OCH3 is 1. The van der Waals surface area contributed by atoms with E-state index in [0.717, 1.165) is 29.4 Å². The molecule has 0 heterocycles. The Morgan fingerprint density at radius 1 is 1.24 bits per heavy atom. The summed E-state index contributed by atoms with van der Waals surface area (Å²) in [5.41, 5.74) is 2.37. The standard InChI is InChI=1S/C19H30N2O3Si/c1-7-25(8-2,9-3)24-18(19(22)23-6)13-16-12-17(21(4)5)11-10-15(16)14-20/h10-12,18H,7-9,13H2,1-6H3. The highest BCUT2D eigenvalue weighted by Crippen LogP contribution is 2.27. The van der Waals surface area contributed by atoms with Crippen molar-refractivity contribution >= 4 is 20.0 Å². The zero-order valence-electron chi connectivity index (χ0n) is 16.3. The number of carbonyl (C=O) groups is 1. The molecule has 1 aromatic carbocycles. The highest BCUT2D eigenvalue weighted by Gasteiger charge is 2.35. The fourth-order valence-electron chi connectivity index (χ4n) is 2.94. The summed E-state index contributed by atoms with van der Waals surface area (Å²) < 4.78 is 11.4. The van der Waals surface area contributed by atoms with Crippen LogP contribution in [0.2, 0.25) is 18.1 Å². The summed E-state index contributed by atoms with van der Waals surface area (Å²) in [5, 5.41) is 9.42. The van der Waals surface area contributed by atoms with Crippen LogP contribution in [0.25, 0.3) is 0 Å². The quantitative estimate of drug-likeness (QED) is 0.495. The lowest BCUT2D eigenvalue weighted by molar-refractivity contribution is -0.149. The van der Waals surface area contributed by atoms with E-state index in [1.165, 1.54) is 7.11 Å². The first-order valence-electron chi connectivity index (χ1n) is 8.82. The predicted octanol–water partition coefficient (Wildman–Crippen LogP) is 3.73. The van der Waals surface area contributed by atoms with Crippen LogP contribution in [-0.4, -0.2) is 41.6 Å². The lowest BCUT2D eigenvalue weighted by atomic mass is 10.0. The van der Waals surface area contributed by atoms with Gasteiger partial charge in [0, 0.05) is 26.2 Å². The van der Waals surface area contributed by atoms with Crippen molar-refractivity contribution in [1.82, 2.24) is 0 Å². The van der Waals surface area contributed by atoms with Gasteiger partial charge in [0.2, 0.25) is 0 Å². The molecule has 5 nitrogen and oxygen atoms in total. The lowest BCUT2D eigenvalue weighted by Crippen LogP contribution is -2.44. The van der Waals surface area contributed by atoms with Gasteiger partial charge in [-0.25, -0.2) is 4.79 Å². The van der Waals surface area contributed by atoms with Crippen LogP contribution in [0.3, 0.4) is 0 Å². The predicted molar refractivity (Wildman–Crippen MR) is 103 cm³/mol. The molecule has 0 fully saturated rings. The van der Waals surface area contributed by atoms with E-state index in [-0.39, 0.29) is 5.97 Å². The molecule has 138 valence electrons. The van der Waals surface area contributed by atoms with Crippen LogP contribution in [0.15, 0.2) is 18.2 Å². The summed E-state index contributed by atoms with van der Waals surface area (Å²) in [4.78, 5) is 14.3. The molecule has 0 N–H and O–H groups in total. The Morgan fingerprint density at radius 3 is 2.28 bits per heavy atom. The number of nitrogens with zero attached hydrogens (tertiary/aromatic N) is 2. The lowest BCUT2D eigenvalue weighted by Gasteiger charge is -2.32. The Bertz CT molecular complexity index is 613. The van der Waals surface area contributed by atoms with Crippen molar-refractivity contribution in [3.63, 3.8) is 0 Å². The molecule has 0 aliphatic heterocycles. The molecule has 1 unspecified atom stereocenters. The van der Waals surface area contributed by atoms with Gasteiger partial charge >= 0.3 is 5.97 Å². The van der Waals surface area contributed by atoms with Crippen molar-refractivity contribution in [3.8, 4) is 6.07 Å². The topological polar surface area (TPSA) is 62.6 Å². The first-order chi connectivity index (χ1) is 11.9. The number of nitriles is 1. The monoisotopic (exact) mass is 362 g/mol. The maximum absolute atomic E-state index is 12.3. The summed E-state index contributed by atoms with van der Waals surface area (Å²) in [5.74, 6) is -0.369. The van der Waals surface area contributed by atoms with Crippen LogP contribution in [-0.2, 0) is 20.4 Å². The van der Waals surface area contributed by atoms with Gasteiger partial charge in [0.15, 0.2) is 8.32 Å². The Morgan fingerprint density at radius 2 is 1.84 bits per heavy atom. The van der Waals surface area contributed by atoms with Gasteiger partial charge in [-0.05, 0) is 41.9 Å². The van der Waals surface area contributed by atoms with Crippen LogP contribution in [0.1, 0.15) is 31.9 Å². The Kier molecular flexibility index (Phi) is 8.13. The van der Waals surface area contributed by atoms with Gasteiger partial charge < -0.3 is 14.1 Å². The number of rotatable bonds is 9. The first-order valence-corrected chi connectivity index (χ1v) is 11.3. The third kappa shape index (κ3) is 5.31. The minimum atomic E-state index is -1.97. The van der Waals surface area contributed by atoms with Gasteiger partial charge in [-0.3, -0.25) is 0 Å². The highest BCUT2D eigenvalue weighted by atomic mass is 28.4. The molecule has 1 rings (SSSR count). The van der Waals surface area contributed by atoms with Crippen LogP contribution < -0.4 is 4.90 Å². The second kappa shape index (κ2) is 9.59. The molecule has 6 heteroatoms. The smallest absolute Gasteiger partial charge is 0.334 e. The zero-order valence-corrected chi connectivity index (χ0v) is 17.3. The molecule has 0 aromatic heterocycles. The van der Waals surface area contributed by atoms with Gasteiger partial charge in [-0.15, -0.1) is 0 Å². The third-order valence-corrected chi connectivity index (χ3v) is 9.57. The Hall–Kier alpha value is -1.84. The molecule has 0 amide bonds. The number of hydrogen-bond acceptors (Lipinski definition) is 5. The van der Waals surface area contributed by atoms with Gasteiger partial charge in [-0.1, -0.05) is 20.8 Å². The van der Waals surface area contributed by atoms with E-state index >= 15 is 0 Å². The minimum absolute atomic E-state index is 0.353. The molecule has 0 saturated heterocycles. The maximum atomic E-state index is 12.3. The van der Waals surface area contributed by atoms with Gasteiger partial charge in [0.25, 0.3) is 0 Å². The SMILES string of the molecule is CC[Si](CC)(CC)OC(Cc1cc(N(C)C)ccc1C#N)C(=O)OC. The van der Waals surface area contributed by atoms with E-state index in [1.807, 2.05) is 31.1 Å². The molecular formula is C19H30N2O3Si. The van der Waals surface area contributed by atoms with E-state index in [9.17, 15) is 10.1 Å². The first kappa shape index (κ1) is 21.2. The van der Waals surface area contributed by atoms with Crippen molar-refractivity contribution in [2.75, 3.05) is 26.1 Å². The molecule has 0 saturated carbocycles. The van der Waals surface area contributed by atoms with Crippen LogP contribution in [0.5, 0.6) is 0 Å². The third-order valence-electron chi connectivity index (χ3n) is 4.92. The number of benzene rings is 1. The van der Waals surface area contributed by atoms with Crippen LogP contribution >= 0.6 is 0 Å². The number of anilines is 1. The molecule has 0 aliphatic rings. The number of esters is 1. The molecule has 0 aliphatic carbocycles. The van der Waals surface area contributed by atoms with E-state index in [2.05, 4.69) is 26.8 Å². The van der Waals surface area contributed by atoms with Crippen molar-refractivity contribution < 1.29 is 14.0 Å². The fraction of sp³-hybridized carbons (Fsp3) is 0.579. The molecule has 1 atom stereocenters. The van der Waals surface area contributed by atoms with Gasteiger partial charge in [0.1, 0.15) is 6.10 Å². The highest BCUT2D eigenvalue weighted by molar-refractivity contribution is 6.73. The van der Waals surface area contributed by atoms with Gasteiger partial charge in [-0.2, -0.15) is 5.26 Å². The number of ether oxygens (including phenoxy) is 1. The largest absolute Gasteiger partial charge is 0.467 e.